The fourth-order valence-corrected chi connectivity index (χ4v) is 4.74. The molecule has 0 aromatic heterocycles. The van der Waals surface area contributed by atoms with Gasteiger partial charge in [-0.3, -0.25) is 0 Å². The van der Waals surface area contributed by atoms with Gasteiger partial charge in [0.05, 0.1) is 12.2 Å². The van der Waals surface area contributed by atoms with Gasteiger partial charge in [-0.1, -0.05) is 51.7 Å². The molecule has 0 aliphatic heterocycles. The predicted molar refractivity (Wildman–Crippen MR) is 124 cm³/mol. The van der Waals surface area contributed by atoms with Crippen molar-refractivity contribution < 1.29 is 24.5 Å². The minimum absolute atomic E-state index is 0.0111. The summed E-state index contributed by atoms with van der Waals surface area (Å²) in [5.41, 5.74) is 2.74. The Morgan fingerprint density at radius 3 is 2.50 bits per heavy atom. The number of aliphatic hydroxyl groups is 1. The van der Waals surface area contributed by atoms with Crippen LogP contribution in [0.5, 0.6) is 0 Å². The molecule has 0 fully saturated rings. The van der Waals surface area contributed by atoms with Crippen molar-refractivity contribution in [3.63, 3.8) is 0 Å². The molecule has 2 unspecified atom stereocenters. The number of aliphatic hydroxyl groups excluding tert-OH is 1. The van der Waals surface area contributed by atoms with E-state index in [0.29, 0.717) is 24.4 Å². The van der Waals surface area contributed by atoms with E-state index in [9.17, 15) is 9.90 Å². The van der Waals surface area contributed by atoms with Gasteiger partial charge in [0.2, 0.25) is 0 Å². The average Bonchev–Trinajstić information content (AvgIpc) is 2.71. The number of ether oxygens (including phenoxy) is 2. The Hall–Kier alpha value is -2.81. The zero-order valence-corrected chi connectivity index (χ0v) is 19.4. The third kappa shape index (κ3) is 5.51. The summed E-state index contributed by atoms with van der Waals surface area (Å²) in [6.45, 7) is 9.88. The highest BCUT2D eigenvalue weighted by atomic mass is 16.5. The normalized spacial score (nSPS) is 21.7. The maximum absolute atomic E-state index is 11.0. The number of rotatable bonds is 6. The van der Waals surface area contributed by atoms with Crippen LogP contribution in [0.3, 0.4) is 0 Å². The largest absolute Gasteiger partial charge is 0.491 e. The second-order valence-electron chi connectivity index (χ2n) is 9.80. The van der Waals surface area contributed by atoms with Crippen molar-refractivity contribution in [3.05, 3.63) is 70.5 Å². The van der Waals surface area contributed by atoms with E-state index in [2.05, 4.69) is 51.7 Å². The van der Waals surface area contributed by atoms with E-state index in [0.717, 1.165) is 17.8 Å². The lowest BCUT2D eigenvalue weighted by Crippen LogP contribution is -2.37. The van der Waals surface area contributed by atoms with E-state index in [1.807, 2.05) is 6.08 Å². The molecule has 0 spiro atoms. The second kappa shape index (κ2) is 9.36. The van der Waals surface area contributed by atoms with Crippen molar-refractivity contribution in [2.24, 2.45) is 16.7 Å². The second-order valence-corrected chi connectivity index (χ2v) is 9.80. The molecule has 5 nitrogen and oxygen atoms in total. The standard InChI is InChI=1S/C27H32O5/c1-26(2)16-21-22(27(3,4)17-26)14-20(15-24(21)32-13-12-31-5)23(28)11-8-18-6-9-19(10-7-18)25(29)30/h6-7,9-10,14-16,22-23,28H,12-13,17H2,1-5H3,(H,29,30). The summed E-state index contributed by atoms with van der Waals surface area (Å²) >= 11 is 0. The van der Waals surface area contributed by atoms with Gasteiger partial charge in [0.1, 0.15) is 18.5 Å². The van der Waals surface area contributed by atoms with E-state index in [1.165, 1.54) is 12.1 Å². The Bertz CT molecular complexity index is 1010. The van der Waals surface area contributed by atoms with Crippen LogP contribution in [-0.2, 0) is 9.47 Å². The topological polar surface area (TPSA) is 76.0 Å². The molecule has 5 heteroatoms. The van der Waals surface area contributed by atoms with Crippen LogP contribution in [0.25, 0.3) is 0 Å². The summed E-state index contributed by atoms with van der Waals surface area (Å²) < 4.78 is 11.2. The predicted octanol–water partition coefficient (Wildman–Crippen LogP) is 4.58. The summed E-state index contributed by atoms with van der Waals surface area (Å²) in [7, 11) is 1.64. The Morgan fingerprint density at radius 2 is 1.88 bits per heavy atom. The van der Waals surface area contributed by atoms with Gasteiger partial charge in [-0.25, -0.2) is 4.79 Å². The lowest BCUT2D eigenvalue weighted by molar-refractivity contribution is 0.0697. The summed E-state index contributed by atoms with van der Waals surface area (Å²) in [6.07, 6.45) is 6.31. The Morgan fingerprint density at radius 1 is 1.19 bits per heavy atom. The number of carboxylic acids is 1. The zero-order chi connectivity index (χ0) is 23.5. The van der Waals surface area contributed by atoms with Crippen molar-refractivity contribution in [2.75, 3.05) is 20.3 Å². The van der Waals surface area contributed by atoms with Crippen molar-refractivity contribution in [2.45, 2.75) is 40.2 Å². The van der Waals surface area contributed by atoms with Gasteiger partial charge in [-0.2, -0.15) is 0 Å². The van der Waals surface area contributed by atoms with Crippen molar-refractivity contribution >= 4 is 5.97 Å². The third-order valence-electron chi connectivity index (χ3n) is 5.92. The van der Waals surface area contributed by atoms with Crippen molar-refractivity contribution in [1.29, 1.82) is 0 Å². The van der Waals surface area contributed by atoms with Gasteiger partial charge in [0, 0.05) is 18.6 Å². The number of fused-ring (bicyclic) bond motifs is 1. The van der Waals surface area contributed by atoms with Gasteiger partial charge in [0.25, 0.3) is 0 Å². The fourth-order valence-electron chi connectivity index (χ4n) is 4.74. The molecular weight excluding hydrogens is 404 g/mol. The van der Waals surface area contributed by atoms with Crippen LogP contribution in [0.4, 0.5) is 0 Å². The molecule has 0 saturated heterocycles. The number of benzene rings is 1. The number of carboxylic acid groups (broad SMARTS) is 1. The molecule has 170 valence electrons. The summed E-state index contributed by atoms with van der Waals surface area (Å²) in [4.78, 5) is 11.0. The monoisotopic (exact) mass is 436 g/mol. The molecule has 0 radical (unpaired) electrons. The van der Waals surface area contributed by atoms with Gasteiger partial charge >= 0.3 is 5.97 Å². The molecule has 2 N–H and O–H groups in total. The zero-order valence-electron chi connectivity index (χ0n) is 19.4. The lowest BCUT2D eigenvalue weighted by atomic mass is 9.59. The summed E-state index contributed by atoms with van der Waals surface area (Å²) in [5.74, 6) is 5.72. The minimum atomic E-state index is -0.984. The Balaban J connectivity index is 1.91. The van der Waals surface area contributed by atoms with Crippen molar-refractivity contribution in [3.8, 4) is 11.8 Å². The van der Waals surface area contributed by atoms with Gasteiger partial charge in [-0.05, 0) is 58.7 Å². The van der Waals surface area contributed by atoms with Crippen LogP contribution in [0.1, 0.15) is 50.0 Å². The molecular formula is C27H32O5. The minimum Gasteiger partial charge on any atom is -0.491 e. The van der Waals surface area contributed by atoms with Gasteiger partial charge < -0.3 is 19.7 Å². The van der Waals surface area contributed by atoms with E-state index >= 15 is 0 Å². The van der Waals surface area contributed by atoms with Crippen LogP contribution in [0, 0.1) is 28.6 Å². The molecule has 0 saturated carbocycles. The molecule has 32 heavy (non-hydrogen) atoms. The lowest BCUT2D eigenvalue weighted by Gasteiger charge is -2.46. The third-order valence-corrected chi connectivity index (χ3v) is 5.92. The maximum atomic E-state index is 11.0. The number of hydrogen-bond donors (Lipinski definition) is 2. The van der Waals surface area contributed by atoms with Gasteiger partial charge in [-0.15, -0.1) is 0 Å². The first-order valence-electron chi connectivity index (χ1n) is 10.8. The summed E-state index contributed by atoms with van der Waals surface area (Å²) in [6, 6.07) is 6.29. The molecule has 1 aromatic rings. The number of carbonyl (C=O) groups is 1. The molecule has 1 aromatic carbocycles. The van der Waals surface area contributed by atoms with Crippen LogP contribution in [0.15, 0.2) is 59.4 Å². The Labute approximate surface area is 190 Å². The SMILES string of the molecule is COCCOC1=CC(C(O)C#Cc2ccc(C(=O)O)cc2)=CC2C1=CC(C)(C)CC2(C)C. The molecule has 3 rings (SSSR count). The average molecular weight is 437 g/mol. The molecule has 0 amide bonds. The molecule has 2 atom stereocenters. The highest BCUT2D eigenvalue weighted by Gasteiger charge is 2.43. The van der Waals surface area contributed by atoms with E-state index in [1.54, 1.807) is 19.2 Å². The molecule has 2 aliphatic rings. The van der Waals surface area contributed by atoms with Crippen LogP contribution >= 0.6 is 0 Å². The number of hydrogen-bond acceptors (Lipinski definition) is 4. The maximum Gasteiger partial charge on any atom is 0.335 e. The number of aromatic carboxylic acids is 1. The smallest absolute Gasteiger partial charge is 0.335 e. The van der Waals surface area contributed by atoms with Crippen molar-refractivity contribution in [1.82, 2.24) is 0 Å². The fraction of sp³-hybridized carbons (Fsp3) is 0.444. The molecule has 0 bridgehead atoms. The number of allylic oxidation sites excluding steroid dienone is 3. The summed E-state index contributed by atoms with van der Waals surface area (Å²) in [5, 5.41) is 19.9. The molecule has 2 aliphatic carbocycles. The molecule has 0 heterocycles. The first kappa shape index (κ1) is 23.8. The van der Waals surface area contributed by atoms with E-state index < -0.39 is 12.1 Å². The van der Waals surface area contributed by atoms with Crippen LogP contribution in [0.2, 0.25) is 0 Å². The highest BCUT2D eigenvalue weighted by molar-refractivity contribution is 5.87. The van der Waals surface area contributed by atoms with Gasteiger partial charge in [0.15, 0.2) is 0 Å². The Kier molecular flexibility index (Phi) is 6.97. The number of methoxy groups -OCH3 is 1. The quantitative estimate of drug-likeness (QED) is 0.504. The highest BCUT2D eigenvalue weighted by Crippen LogP contribution is 2.52. The van der Waals surface area contributed by atoms with E-state index in [4.69, 9.17) is 14.6 Å². The van der Waals surface area contributed by atoms with Crippen LogP contribution in [-0.4, -0.2) is 42.6 Å². The first-order chi connectivity index (χ1) is 15.0. The van der Waals surface area contributed by atoms with E-state index in [-0.39, 0.29) is 22.3 Å². The van der Waals surface area contributed by atoms with Crippen LogP contribution < -0.4 is 0 Å². The first-order valence-corrected chi connectivity index (χ1v) is 10.8.